The summed E-state index contributed by atoms with van der Waals surface area (Å²) in [5.74, 6) is 0.858. The van der Waals surface area contributed by atoms with E-state index < -0.39 is 0 Å². The highest BCUT2D eigenvalue weighted by Crippen LogP contribution is 2.53. The zero-order valence-corrected chi connectivity index (χ0v) is 11.6. The summed E-state index contributed by atoms with van der Waals surface area (Å²) in [5.41, 5.74) is 1.44. The molecule has 3 atom stereocenters. The topological polar surface area (TPSA) is 17.1 Å². The van der Waals surface area contributed by atoms with E-state index in [9.17, 15) is 9.18 Å². The summed E-state index contributed by atoms with van der Waals surface area (Å²) in [5, 5.41) is 0. The minimum Gasteiger partial charge on any atom is -0.299 e. The average Bonchev–Trinajstić information content (AvgIpc) is 2.64. The molecule has 0 unspecified atom stereocenters. The lowest BCUT2D eigenvalue weighted by Gasteiger charge is -2.39. The van der Waals surface area contributed by atoms with Gasteiger partial charge in [0.1, 0.15) is 5.78 Å². The highest BCUT2D eigenvalue weighted by Gasteiger charge is 2.47. The van der Waals surface area contributed by atoms with Crippen LogP contribution >= 0.6 is 0 Å². The van der Waals surface area contributed by atoms with Gasteiger partial charge in [-0.25, -0.2) is 4.39 Å². The molecule has 1 fully saturated rings. The van der Waals surface area contributed by atoms with E-state index in [1.807, 2.05) is 0 Å². The molecule has 2 aliphatic carbocycles. The maximum absolute atomic E-state index is 12.8. The van der Waals surface area contributed by atoms with Gasteiger partial charge in [-0.15, -0.1) is 0 Å². The van der Waals surface area contributed by atoms with E-state index in [0.717, 1.165) is 32.1 Å². The van der Waals surface area contributed by atoms with Crippen molar-refractivity contribution in [3.8, 4) is 0 Å². The van der Waals surface area contributed by atoms with E-state index in [1.165, 1.54) is 12.5 Å². The number of ketones is 1. The van der Waals surface area contributed by atoms with Gasteiger partial charge in [0, 0.05) is 12.3 Å². The lowest BCUT2D eigenvalue weighted by atomic mass is 9.63. The molecule has 18 heavy (non-hydrogen) atoms. The van der Waals surface area contributed by atoms with Crippen LogP contribution in [-0.4, -0.2) is 5.78 Å². The number of halogens is 1. The maximum Gasteiger partial charge on any atom is 0.137 e. The quantitative estimate of drug-likeness (QED) is 0.669. The molecule has 2 aliphatic rings. The Morgan fingerprint density at radius 2 is 2.39 bits per heavy atom. The molecule has 0 spiro atoms. The summed E-state index contributed by atoms with van der Waals surface area (Å²) in [7, 11) is 0. The van der Waals surface area contributed by atoms with Crippen molar-refractivity contribution in [3.63, 3.8) is 0 Å². The third-order valence-electron chi connectivity index (χ3n) is 4.79. The third kappa shape index (κ3) is 2.30. The molecule has 1 saturated carbocycles. The van der Waals surface area contributed by atoms with E-state index >= 15 is 0 Å². The highest BCUT2D eigenvalue weighted by atomic mass is 19.1. The molecule has 0 heterocycles. The lowest BCUT2D eigenvalue weighted by molar-refractivity contribution is -0.128. The van der Waals surface area contributed by atoms with Gasteiger partial charge in [-0.3, -0.25) is 4.79 Å². The van der Waals surface area contributed by atoms with Crippen molar-refractivity contribution >= 4 is 5.78 Å². The van der Waals surface area contributed by atoms with Crippen molar-refractivity contribution in [2.45, 2.75) is 52.9 Å². The number of allylic oxidation sites excluding steroid dienone is 4. The first-order valence-electron chi connectivity index (χ1n) is 7.00. The van der Waals surface area contributed by atoms with E-state index in [-0.39, 0.29) is 17.2 Å². The van der Waals surface area contributed by atoms with E-state index in [4.69, 9.17) is 0 Å². The van der Waals surface area contributed by atoms with Crippen LogP contribution in [0.15, 0.2) is 23.6 Å². The Kier molecular flexibility index (Phi) is 3.74. The molecule has 0 N–H and O–H groups in total. The molecule has 0 bridgehead atoms. The molecule has 1 nitrogen and oxygen atoms in total. The van der Waals surface area contributed by atoms with Crippen LogP contribution in [0.1, 0.15) is 52.9 Å². The Bertz CT molecular complexity index is 403. The second-order valence-electron chi connectivity index (χ2n) is 6.11. The summed E-state index contributed by atoms with van der Waals surface area (Å²) in [6.45, 7) is 5.87. The first-order valence-corrected chi connectivity index (χ1v) is 7.00. The van der Waals surface area contributed by atoms with E-state index in [1.54, 1.807) is 6.08 Å². The predicted octanol–water partition coefficient (Wildman–Crippen LogP) is 4.59. The summed E-state index contributed by atoms with van der Waals surface area (Å²) in [6, 6.07) is 0. The number of carbonyl (C=O) groups excluding carboxylic acids is 1. The predicted molar refractivity (Wildman–Crippen MR) is 71.8 cm³/mol. The Labute approximate surface area is 109 Å². The van der Waals surface area contributed by atoms with E-state index in [2.05, 4.69) is 19.9 Å². The van der Waals surface area contributed by atoms with Gasteiger partial charge in [0.25, 0.3) is 0 Å². The summed E-state index contributed by atoms with van der Waals surface area (Å²) >= 11 is 0. The van der Waals surface area contributed by atoms with E-state index in [0.29, 0.717) is 11.7 Å². The Hall–Kier alpha value is -0.920. The minimum absolute atomic E-state index is 0.0484. The molecule has 0 saturated heterocycles. The van der Waals surface area contributed by atoms with Crippen LogP contribution in [0.25, 0.3) is 0 Å². The summed E-state index contributed by atoms with van der Waals surface area (Å²) in [6.07, 6.45) is 8.41. The molecule has 2 rings (SSSR count). The fourth-order valence-electron chi connectivity index (χ4n) is 3.78. The number of carbonyl (C=O) groups is 1. The van der Waals surface area contributed by atoms with Gasteiger partial charge in [-0.05, 0) is 43.9 Å². The first-order chi connectivity index (χ1) is 8.45. The SMILES string of the molecule is C/C(F)=C\C[C@@H](C)C1=CC[C@H]2C(=O)CCC[C@]12C. The largest absolute Gasteiger partial charge is 0.299 e. The number of rotatable bonds is 3. The van der Waals surface area contributed by atoms with Gasteiger partial charge in [0.2, 0.25) is 0 Å². The minimum atomic E-state index is -0.109. The van der Waals surface area contributed by atoms with Crippen molar-refractivity contribution in [2.24, 2.45) is 17.3 Å². The van der Waals surface area contributed by atoms with Gasteiger partial charge < -0.3 is 0 Å². The first kappa shape index (κ1) is 13.5. The van der Waals surface area contributed by atoms with Crippen molar-refractivity contribution in [1.82, 2.24) is 0 Å². The van der Waals surface area contributed by atoms with Crippen LogP contribution in [0.4, 0.5) is 4.39 Å². The van der Waals surface area contributed by atoms with Crippen LogP contribution in [-0.2, 0) is 4.79 Å². The standard InChI is InChI=1S/C16H23FO/c1-11(6-7-12(2)17)13-8-9-14-15(18)5-4-10-16(13,14)3/h7-8,11,14H,4-6,9-10H2,1-3H3/b12-7+/t11-,14+,16-/m1/s1. The van der Waals surface area contributed by atoms with Gasteiger partial charge >= 0.3 is 0 Å². The zero-order valence-electron chi connectivity index (χ0n) is 11.6. The van der Waals surface area contributed by atoms with Crippen LogP contribution < -0.4 is 0 Å². The van der Waals surface area contributed by atoms with Gasteiger partial charge in [-0.1, -0.05) is 31.6 Å². The molecule has 100 valence electrons. The average molecular weight is 250 g/mol. The van der Waals surface area contributed by atoms with Crippen molar-refractivity contribution < 1.29 is 9.18 Å². The van der Waals surface area contributed by atoms with Crippen LogP contribution in [0, 0.1) is 17.3 Å². The molecule has 0 aromatic carbocycles. The second kappa shape index (κ2) is 4.99. The molecular formula is C16H23FO. The maximum atomic E-state index is 12.8. The molecular weight excluding hydrogens is 227 g/mol. The molecule has 2 heteroatoms. The molecule has 0 radical (unpaired) electrons. The van der Waals surface area contributed by atoms with Crippen LogP contribution in [0.3, 0.4) is 0 Å². The van der Waals surface area contributed by atoms with Gasteiger partial charge in [0.05, 0.1) is 5.83 Å². The smallest absolute Gasteiger partial charge is 0.137 e. The summed E-state index contributed by atoms with van der Waals surface area (Å²) in [4.78, 5) is 12.0. The summed E-state index contributed by atoms with van der Waals surface area (Å²) < 4.78 is 12.8. The number of hydrogen-bond donors (Lipinski definition) is 0. The fraction of sp³-hybridized carbons (Fsp3) is 0.688. The molecule has 0 aromatic rings. The number of hydrogen-bond acceptors (Lipinski definition) is 1. The Balaban J connectivity index is 2.15. The monoisotopic (exact) mass is 250 g/mol. The van der Waals surface area contributed by atoms with Crippen molar-refractivity contribution in [1.29, 1.82) is 0 Å². The van der Waals surface area contributed by atoms with Gasteiger partial charge in [0.15, 0.2) is 0 Å². The molecule has 0 amide bonds. The van der Waals surface area contributed by atoms with Gasteiger partial charge in [-0.2, -0.15) is 0 Å². The second-order valence-corrected chi connectivity index (χ2v) is 6.11. The fourth-order valence-corrected chi connectivity index (χ4v) is 3.78. The Morgan fingerprint density at radius 1 is 1.67 bits per heavy atom. The lowest BCUT2D eigenvalue weighted by Crippen LogP contribution is -2.36. The molecule has 0 aromatic heterocycles. The highest BCUT2D eigenvalue weighted by molar-refractivity contribution is 5.84. The van der Waals surface area contributed by atoms with Crippen LogP contribution in [0.2, 0.25) is 0 Å². The Morgan fingerprint density at radius 3 is 3.06 bits per heavy atom. The number of Topliss-reactive ketones (excluding diaryl/α,β-unsaturated/α-hetero) is 1. The zero-order chi connectivity index (χ0) is 13.3. The van der Waals surface area contributed by atoms with Crippen molar-refractivity contribution in [3.05, 3.63) is 23.6 Å². The normalized spacial score (nSPS) is 34.2. The number of fused-ring (bicyclic) bond motifs is 1. The van der Waals surface area contributed by atoms with Crippen LogP contribution in [0.5, 0.6) is 0 Å². The molecule has 0 aliphatic heterocycles. The third-order valence-corrected chi connectivity index (χ3v) is 4.79. The van der Waals surface area contributed by atoms with Crippen molar-refractivity contribution in [2.75, 3.05) is 0 Å².